The number of hydrogen-bond donors (Lipinski definition) is 1. The summed E-state index contributed by atoms with van der Waals surface area (Å²) in [4.78, 5) is 1.74. The van der Waals surface area contributed by atoms with E-state index in [4.69, 9.17) is 9.47 Å². The number of methoxy groups -OCH3 is 2. The molecule has 0 aliphatic heterocycles. The molecule has 0 spiro atoms. The molecule has 1 N–H and O–H groups in total. The van der Waals surface area contributed by atoms with E-state index in [9.17, 15) is 18.1 Å². The molecule has 0 aliphatic rings. The van der Waals surface area contributed by atoms with Crippen LogP contribution in [0.4, 0.5) is 5.69 Å². The van der Waals surface area contributed by atoms with Crippen LogP contribution in [0, 0.1) is 0 Å². The summed E-state index contributed by atoms with van der Waals surface area (Å²) >= 11 is 0. The van der Waals surface area contributed by atoms with E-state index >= 15 is 0 Å². The Hall–Kier alpha value is -0.510. The summed E-state index contributed by atoms with van der Waals surface area (Å²) in [6.45, 7) is 2.39. The number of benzene rings is 1. The summed E-state index contributed by atoms with van der Waals surface area (Å²) in [6, 6.07) is 5.19. The third kappa shape index (κ3) is 7.17. The van der Waals surface area contributed by atoms with Gasteiger partial charge in [-0.1, -0.05) is 0 Å². The number of aliphatic hydroxyl groups excluding tert-OH is 1. The molecular formula is C13H20NNaO6S. The van der Waals surface area contributed by atoms with Crippen molar-refractivity contribution in [2.24, 2.45) is 0 Å². The summed E-state index contributed by atoms with van der Waals surface area (Å²) < 4.78 is 42.3. The Kier molecular flexibility index (Phi) is 9.37. The molecule has 22 heavy (non-hydrogen) atoms. The van der Waals surface area contributed by atoms with E-state index in [-0.39, 0.29) is 36.1 Å². The minimum atomic E-state index is -4.46. The minimum absolute atomic E-state index is 0. The van der Waals surface area contributed by atoms with Crippen molar-refractivity contribution in [1.29, 1.82) is 0 Å². The van der Waals surface area contributed by atoms with Crippen molar-refractivity contribution in [2.45, 2.75) is 13.0 Å². The fraction of sp³-hybridized carbons (Fsp3) is 0.538. The maximum Gasteiger partial charge on any atom is 1.00 e. The second-order valence-corrected chi connectivity index (χ2v) is 5.94. The van der Waals surface area contributed by atoms with E-state index in [0.717, 1.165) is 0 Å². The quantitative estimate of drug-likeness (QED) is 0.410. The number of aliphatic hydroxyl groups is 1. The van der Waals surface area contributed by atoms with Gasteiger partial charge in [0.2, 0.25) is 0 Å². The largest absolute Gasteiger partial charge is 1.00 e. The van der Waals surface area contributed by atoms with Crippen molar-refractivity contribution in [3.63, 3.8) is 0 Å². The molecule has 1 aromatic rings. The number of ether oxygens (including phenoxy) is 2. The van der Waals surface area contributed by atoms with Gasteiger partial charge >= 0.3 is 29.6 Å². The van der Waals surface area contributed by atoms with Crippen LogP contribution in [0.15, 0.2) is 18.2 Å². The molecule has 7 nitrogen and oxygen atoms in total. The van der Waals surface area contributed by atoms with Crippen molar-refractivity contribution < 1.29 is 57.1 Å². The number of anilines is 1. The van der Waals surface area contributed by atoms with Crippen molar-refractivity contribution in [1.82, 2.24) is 0 Å². The molecular weight excluding hydrogens is 321 g/mol. The SMILES string of the molecule is CCN(CC(O)CS(=O)(=O)[O-])c1cc(OC)cc(OC)c1.[Na+]. The van der Waals surface area contributed by atoms with Crippen LogP contribution in [0.3, 0.4) is 0 Å². The second-order valence-electron chi connectivity index (χ2n) is 4.49. The van der Waals surface area contributed by atoms with Crippen LogP contribution in [0.25, 0.3) is 0 Å². The van der Waals surface area contributed by atoms with Crippen LogP contribution in [-0.4, -0.2) is 57.2 Å². The van der Waals surface area contributed by atoms with Crippen LogP contribution in [0.2, 0.25) is 0 Å². The fourth-order valence-electron chi connectivity index (χ4n) is 1.93. The van der Waals surface area contributed by atoms with Gasteiger partial charge in [0.15, 0.2) is 0 Å². The fourth-order valence-corrected chi connectivity index (χ4v) is 2.51. The zero-order chi connectivity index (χ0) is 16.0. The molecule has 0 fully saturated rings. The van der Waals surface area contributed by atoms with E-state index in [1.54, 1.807) is 23.1 Å². The Labute approximate surface area is 153 Å². The van der Waals surface area contributed by atoms with Gasteiger partial charge in [-0.05, 0) is 6.92 Å². The number of nitrogens with zero attached hydrogens (tertiary/aromatic N) is 1. The predicted molar refractivity (Wildman–Crippen MR) is 78.0 cm³/mol. The Balaban J connectivity index is 0.00000441. The second kappa shape index (κ2) is 9.59. The third-order valence-corrected chi connectivity index (χ3v) is 3.70. The standard InChI is InChI=1S/C13H21NO6S.Na/c1-4-14(8-11(15)9-21(16,17)18)10-5-12(19-2)7-13(6-10)20-3;/h5-7,11,15H,4,8-9H2,1-3H3,(H,16,17,18);/q;+1/p-1. The Morgan fingerprint density at radius 1 is 1.23 bits per heavy atom. The zero-order valence-corrected chi connectivity index (χ0v) is 16.1. The molecule has 1 rings (SSSR count). The first-order valence-corrected chi connectivity index (χ1v) is 7.96. The molecule has 1 unspecified atom stereocenters. The zero-order valence-electron chi connectivity index (χ0n) is 13.3. The maximum atomic E-state index is 10.7. The van der Waals surface area contributed by atoms with Gasteiger partial charge in [0.05, 0.1) is 36.2 Å². The number of rotatable bonds is 8. The molecule has 9 heteroatoms. The van der Waals surface area contributed by atoms with Gasteiger partial charge in [0.25, 0.3) is 0 Å². The van der Waals surface area contributed by atoms with Gasteiger partial charge < -0.3 is 24.0 Å². The summed E-state index contributed by atoms with van der Waals surface area (Å²) in [7, 11) is -1.42. The van der Waals surface area contributed by atoms with E-state index < -0.39 is 22.0 Å². The molecule has 0 saturated heterocycles. The monoisotopic (exact) mass is 341 g/mol. The van der Waals surface area contributed by atoms with E-state index in [0.29, 0.717) is 23.7 Å². The normalized spacial score (nSPS) is 12.2. The van der Waals surface area contributed by atoms with Crippen LogP contribution >= 0.6 is 0 Å². The molecule has 0 amide bonds. The van der Waals surface area contributed by atoms with Crippen LogP contribution in [-0.2, 0) is 10.1 Å². The molecule has 120 valence electrons. The maximum absolute atomic E-state index is 10.7. The molecule has 1 aromatic carbocycles. The molecule has 0 heterocycles. The van der Waals surface area contributed by atoms with Gasteiger partial charge in [0, 0.05) is 37.0 Å². The van der Waals surface area contributed by atoms with Gasteiger partial charge in [-0.25, -0.2) is 8.42 Å². The van der Waals surface area contributed by atoms with Crippen LogP contribution in [0.1, 0.15) is 6.92 Å². The molecule has 0 saturated carbocycles. The minimum Gasteiger partial charge on any atom is -0.748 e. The average Bonchev–Trinajstić information content (AvgIpc) is 2.42. The van der Waals surface area contributed by atoms with Crippen LogP contribution < -0.4 is 43.9 Å². The summed E-state index contributed by atoms with van der Waals surface area (Å²) in [5, 5.41) is 9.72. The first kappa shape index (κ1) is 21.5. The average molecular weight is 341 g/mol. The Morgan fingerprint density at radius 3 is 2.09 bits per heavy atom. The van der Waals surface area contributed by atoms with Gasteiger partial charge in [-0.15, -0.1) is 0 Å². The predicted octanol–water partition coefficient (Wildman–Crippen LogP) is -2.56. The summed E-state index contributed by atoms with van der Waals surface area (Å²) in [6.07, 6.45) is -1.26. The van der Waals surface area contributed by atoms with E-state index in [1.807, 2.05) is 6.92 Å². The van der Waals surface area contributed by atoms with E-state index in [2.05, 4.69) is 0 Å². The summed E-state index contributed by atoms with van der Waals surface area (Å²) in [5.41, 5.74) is 0.705. The molecule has 1 atom stereocenters. The Morgan fingerprint density at radius 2 is 1.73 bits per heavy atom. The first-order valence-electron chi connectivity index (χ1n) is 6.38. The summed E-state index contributed by atoms with van der Waals surface area (Å²) in [5.74, 6) is 0.340. The van der Waals surface area contributed by atoms with Gasteiger partial charge in [0.1, 0.15) is 11.5 Å². The smallest absolute Gasteiger partial charge is 0.748 e. The number of hydrogen-bond acceptors (Lipinski definition) is 7. The van der Waals surface area contributed by atoms with Crippen LogP contribution in [0.5, 0.6) is 11.5 Å². The first-order chi connectivity index (χ1) is 9.78. The topological polar surface area (TPSA) is 99.1 Å². The van der Waals surface area contributed by atoms with Gasteiger partial charge in [-0.2, -0.15) is 0 Å². The molecule has 0 bridgehead atoms. The van der Waals surface area contributed by atoms with Crippen molar-refractivity contribution >= 4 is 15.8 Å². The molecule has 0 aromatic heterocycles. The van der Waals surface area contributed by atoms with Crippen molar-refractivity contribution in [2.75, 3.05) is 38.0 Å². The van der Waals surface area contributed by atoms with Gasteiger partial charge in [-0.3, -0.25) is 0 Å². The van der Waals surface area contributed by atoms with E-state index in [1.165, 1.54) is 14.2 Å². The number of likely N-dealkylation sites (N-methyl/N-ethyl adjacent to an activating group) is 1. The van der Waals surface area contributed by atoms with Crippen molar-refractivity contribution in [3.8, 4) is 11.5 Å². The van der Waals surface area contributed by atoms with Crippen molar-refractivity contribution in [3.05, 3.63) is 18.2 Å². The molecule has 0 aliphatic carbocycles. The Bertz CT molecular complexity index is 543. The third-order valence-electron chi connectivity index (χ3n) is 2.91. The molecule has 0 radical (unpaired) electrons.